The highest BCUT2D eigenvalue weighted by Crippen LogP contribution is 2.20. The zero-order valence-electron chi connectivity index (χ0n) is 9.60. The van der Waals surface area contributed by atoms with Crippen LogP contribution in [-0.2, 0) is 4.79 Å². The lowest BCUT2D eigenvalue weighted by Gasteiger charge is -2.06. The van der Waals surface area contributed by atoms with Crippen LogP contribution in [0.5, 0.6) is 0 Å². The van der Waals surface area contributed by atoms with Gasteiger partial charge in [0.05, 0.1) is 4.92 Å². The molecule has 0 aliphatic rings. The van der Waals surface area contributed by atoms with Crippen molar-refractivity contribution >= 4 is 17.3 Å². The molecular formula is C11H15N3O3. The fourth-order valence-electron chi connectivity index (χ4n) is 1.47. The zero-order valence-corrected chi connectivity index (χ0v) is 9.60. The van der Waals surface area contributed by atoms with Crippen LogP contribution in [0, 0.1) is 17.0 Å². The molecular weight excluding hydrogens is 222 g/mol. The molecule has 0 unspecified atom stereocenters. The van der Waals surface area contributed by atoms with Gasteiger partial charge in [-0.2, -0.15) is 0 Å². The van der Waals surface area contributed by atoms with Crippen LogP contribution >= 0.6 is 0 Å². The van der Waals surface area contributed by atoms with Gasteiger partial charge in [-0.15, -0.1) is 0 Å². The number of carbonyl (C=O) groups excluding carboxylic acids is 1. The Morgan fingerprint density at radius 1 is 1.47 bits per heavy atom. The number of amides is 1. The summed E-state index contributed by atoms with van der Waals surface area (Å²) in [6, 6.07) is 4.79. The monoisotopic (exact) mass is 237 g/mol. The number of non-ortho nitro benzene ring substituents is 1. The van der Waals surface area contributed by atoms with E-state index in [1.165, 1.54) is 12.1 Å². The van der Waals surface area contributed by atoms with E-state index in [4.69, 9.17) is 5.73 Å². The quantitative estimate of drug-likeness (QED) is 0.445. The van der Waals surface area contributed by atoms with E-state index in [9.17, 15) is 14.9 Å². The lowest BCUT2D eigenvalue weighted by molar-refractivity contribution is -0.384. The van der Waals surface area contributed by atoms with Crippen molar-refractivity contribution in [2.75, 3.05) is 11.9 Å². The topological polar surface area (TPSA) is 98.3 Å². The molecule has 6 nitrogen and oxygen atoms in total. The van der Waals surface area contributed by atoms with Gasteiger partial charge >= 0.3 is 0 Å². The van der Waals surface area contributed by atoms with Crippen molar-refractivity contribution in [2.45, 2.75) is 19.8 Å². The second-order valence-corrected chi connectivity index (χ2v) is 3.81. The van der Waals surface area contributed by atoms with E-state index in [0.29, 0.717) is 25.1 Å². The fraction of sp³-hybridized carbons (Fsp3) is 0.364. The molecule has 0 radical (unpaired) electrons. The highest BCUT2D eigenvalue weighted by molar-refractivity contribution is 5.73. The number of nitrogens with one attached hydrogen (secondary N) is 1. The van der Waals surface area contributed by atoms with E-state index in [0.717, 1.165) is 5.56 Å². The lowest BCUT2D eigenvalue weighted by Crippen LogP contribution is -2.12. The van der Waals surface area contributed by atoms with Gasteiger partial charge in [-0.3, -0.25) is 14.9 Å². The van der Waals surface area contributed by atoms with Crippen molar-refractivity contribution in [2.24, 2.45) is 5.73 Å². The molecule has 0 aliphatic carbocycles. The molecule has 3 N–H and O–H groups in total. The lowest BCUT2D eigenvalue weighted by atomic mass is 10.2. The first-order valence-electron chi connectivity index (χ1n) is 5.27. The Kier molecular flexibility index (Phi) is 4.45. The molecule has 0 spiro atoms. The normalized spacial score (nSPS) is 9.94. The van der Waals surface area contributed by atoms with Crippen molar-refractivity contribution in [3.8, 4) is 0 Å². The Hall–Kier alpha value is -2.11. The van der Waals surface area contributed by atoms with Crippen LogP contribution in [0.3, 0.4) is 0 Å². The standard InChI is InChI=1S/C11H15N3O3/c1-8-5-9(7-10(6-8)14(16)17)13-4-2-3-11(12)15/h5-7,13H,2-4H2,1H3,(H2,12,15). The summed E-state index contributed by atoms with van der Waals surface area (Å²) in [5.74, 6) is -0.345. The van der Waals surface area contributed by atoms with Crippen molar-refractivity contribution < 1.29 is 9.72 Å². The second-order valence-electron chi connectivity index (χ2n) is 3.81. The van der Waals surface area contributed by atoms with Gasteiger partial charge in [0.2, 0.25) is 5.91 Å². The molecule has 6 heteroatoms. The van der Waals surface area contributed by atoms with Crippen LogP contribution in [0.4, 0.5) is 11.4 Å². The molecule has 0 heterocycles. The van der Waals surface area contributed by atoms with Gasteiger partial charge in [-0.25, -0.2) is 0 Å². The Balaban J connectivity index is 2.59. The van der Waals surface area contributed by atoms with Crippen LogP contribution in [-0.4, -0.2) is 17.4 Å². The molecule has 0 saturated carbocycles. The minimum atomic E-state index is -0.429. The number of nitro groups is 1. The number of rotatable bonds is 6. The van der Waals surface area contributed by atoms with Crippen molar-refractivity contribution in [1.29, 1.82) is 0 Å². The number of carbonyl (C=O) groups is 1. The highest BCUT2D eigenvalue weighted by Gasteiger charge is 2.07. The van der Waals surface area contributed by atoms with E-state index in [1.807, 2.05) is 6.07 Å². The number of hydrogen-bond acceptors (Lipinski definition) is 4. The molecule has 1 rings (SSSR count). The van der Waals surface area contributed by atoms with E-state index in [-0.39, 0.29) is 11.6 Å². The van der Waals surface area contributed by atoms with E-state index >= 15 is 0 Å². The predicted octanol–water partition coefficient (Wildman–Crippen LogP) is 1.58. The van der Waals surface area contributed by atoms with Crippen LogP contribution in [0.1, 0.15) is 18.4 Å². The first kappa shape index (κ1) is 13.0. The third-order valence-corrected chi connectivity index (χ3v) is 2.20. The van der Waals surface area contributed by atoms with Crippen molar-refractivity contribution in [3.05, 3.63) is 33.9 Å². The third-order valence-electron chi connectivity index (χ3n) is 2.20. The van der Waals surface area contributed by atoms with Crippen LogP contribution in [0.2, 0.25) is 0 Å². The summed E-state index contributed by atoms with van der Waals surface area (Å²) in [5.41, 5.74) is 6.56. The SMILES string of the molecule is Cc1cc(NCCCC(N)=O)cc([N+](=O)[O-])c1. The minimum Gasteiger partial charge on any atom is -0.385 e. The molecule has 1 amide bonds. The summed E-state index contributed by atoms with van der Waals surface area (Å²) in [7, 11) is 0. The Bertz CT molecular complexity index is 432. The summed E-state index contributed by atoms with van der Waals surface area (Å²) in [4.78, 5) is 20.7. The highest BCUT2D eigenvalue weighted by atomic mass is 16.6. The van der Waals surface area contributed by atoms with Gasteiger partial charge in [-0.1, -0.05) is 0 Å². The summed E-state index contributed by atoms with van der Waals surface area (Å²) in [6.07, 6.45) is 0.915. The smallest absolute Gasteiger partial charge is 0.271 e. The summed E-state index contributed by atoms with van der Waals surface area (Å²) in [5, 5.41) is 13.7. The van der Waals surface area contributed by atoms with E-state index in [2.05, 4.69) is 5.32 Å². The number of primary amides is 1. The summed E-state index contributed by atoms with van der Waals surface area (Å²) < 4.78 is 0. The van der Waals surface area contributed by atoms with Crippen LogP contribution in [0.15, 0.2) is 18.2 Å². The number of hydrogen-bond donors (Lipinski definition) is 2. The molecule has 17 heavy (non-hydrogen) atoms. The van der Waals surface area contributed by atoms with Crippen molar-refractivity contribution in [3.63, 3.8) is 0 Å². The second kappa shape index (κ2) is 5.83. The van der Waals surface area contributed by atoms with Gasteiger partial charge in [0.1, 0.15) is 0 Å². The maximum Gasteiger partial charge on any atom is 0.271 e. The average molecular weight is 237 g/mol. The summed E-state index contributed by atoms with van der Waals surface area (Å²) in [6.45, 7) is 2.35. The Labute approximate surface area is 99.0 Å². The Morgan fingerprint density at radius 3 is 2.76 bits per heavy atom. The molecule has 0 fully saturated rings. The zero-order chi connectivity index (χ0) is 12.8. The van der Waals surface area contributed by atoms with Gasteiger partial charge in [0, 0.05) is 30.8 Å². The Morgan fingerprint density at radius 2 is 2.18 bits per heavy atom. The first-order valence-corrected chi connectivity index (χ1v) is 5.27. The molecule has 0 aliphatic heterocycles. The molecule has 1 aromatic rings. The van der Waals surface area contributed by atoms with Gasteiger partial charge in [0.15, 0.2) is 0 Å². The van der Waals surface area contributed by atoms with Crippen LogP contribution in [0.25, 0.3) is 0 Å². The van der Waals surface area contributed by atoms with Crippen molar-refractivity contribution in [1.82, 2.24) is 0 Å². The molecule has 92 valence electrons. The largest absolute Gasteiger partial charge is 0.385 e. The van der Waals surface area contributed by atoms with E-state index in [1.54, 1.807) is 6.92 Å². The van der Waals surface area contributed by atoms with Gasteiger partial charge in [-0.05, 0) is 25.0 Å². The predicted molar refractivity (Wildman–Crippen MR) is 64.8 cm³/mol. The molecule has 0 aromatic heterocycles. The van der Waals surface area contributed by atoms with Gasteiger partial charge in [0.25, 0.3) is 5.69 Å². The number of nitrogens with two attached hydrogens (primary N) is 1. The molecule has 1 aromatic carbocycles. The molecule has 0 atom stereocenters. The first-order chi connectivity index (χ1) is 7.99. The molecule has 0 bridgehead atoms. The number of aryl methyl sites for hydroxylation is 1. The number of nitrogens with zero attached hydrogens (tertiary/aromatic N) is 1. The average Bonchev–Trinajstić information content (AvgIpc) is 2.23. The molecule has 0 saturated heterocycles. The number of nitro benzene ring substituents is 1. The maximum absolute atomic E-state index is 10.6. The fourth-order valence-corrected chi connectivity index (χ4v) is 1.47. The van der Waals surface area contributed by atoms with Gasteiger partial charge < -0.3 is 11.1 Å². The summed E-state index contributed by atoms with van der Waals surface area (Å²) >= 11 is 0. The maximum atomic E-state index is 10.6. The number of benzene rings is 1. The minimum absolute atomic E-state index is 0.0578. The van der Waals surface area contributed by atoms with Crippen LogP contribution < -0.4 is 11.1 Å². The number of anilines is 1. The third kappa shape index (κ3) is 4.50. The van der Waals surface area contributed by atoms with E-state index < -0.39 is 4.92 Å².